The van der Waals surface area contributed by atoms with Gasteiger partial charge in [-0.3, -0.25) is 10.2 Å². The lowest BCUT2D eigenvalue weighted by Crippen LogP contribution is -2.37. The van der Waals surface area contributed by atoms with Gasteiger partial charge in [0.15, 0.2) is 5.78 Å². The van der Waals surface area contributed by atoms with Crippen molar-refractivity contribution in [1.29, 1.82) is 0 Å². The van der Waals surface area contributed by atoms with E-state index in [9.17, 15) is 4.79 Å². The number of anilines is 1. The summed E-state index contributed by atoms with van der Waals surface area (Å²) in [5.41, 5.74) is 9.56. The van der Waals surface area contributed by atoms with Crippen molar-refractivity contribution < 1.29 is 9.53 Å². The molecule has 30 heavy (non-hydrogen) atoms. The summed E-state index contributed by atoms with van der Waals surface area (Å²) in [6, 6.07) is 2.78. The largest absolute Gasteiger partial charge is 0.378 e. The van der Waals surface area contributed by atoms with E-state index in [2.05, 4.69) is 45.6 Å². The fourth-order valence-corrected chi connectivity index (χ4v) is 5.84. The number of nitrogens with zero attached hydrogens (tertiary/aromatic N) is 3. The van der Waals surface area contributed by atoms with Gasteiger partial charge in [-0.15, -0.1) is 0 Å². The number of rotatable bonds is 3. The second-order valence-corrected chi connectivity index (χ2v) is 10.2. The van der Waals surface area contributed by atoms with Gasteiger partial charge < -0.3 is 9.64 Å². The number of carbonyl (C=O) groups is 1. The number of morpholine rings is 1. The molecule has 2 N–H and O–H groups in total. The standard InChI is InChI=1S/C23H33N5O2/c1-23(2)12-16(9-17(29)13-23)15-3-4-19-18(10-15)22(27-26-19)20-11-21(25-14-24-20)28-5-7-30-8-6-28/h9,11,14-15,18-19,22,26-27H,3-8,10,12-13H2,1-2H3. The van der Waals surface area contributed by atoms with Crippen LogP contribution in [0, 0.1) is 17.3 Å². The van der Waals surface area contributed by atoms with Crippen molar-refractivity contribution in [3.63, 3.8) is 0 Å². The minimum atomic E-state index is 0.0866. The molecule has 0 bridgehead atoms. The number of aromatic nitrogens is 2. The minimum Gasteiger partial charge on any atom is -0.378 e. The molecule has 4 unspecified atom stereocenters. The molecule has 0 spiro atoms. The van der Waals surface area contributed by atoms with Crippen LogP contribution in [0.2, 0.25) is 0 Å². The first-order valence-corrected chi connectivity index (χ1v) is 11.4. The van der Waals surface area contributed by atoms with Crippen molar-refractivity contribution in [1.82, 2.24) is 20.8 Å². The van der Waals surface area contributed by atoms with Gasteiger partial charge in [0.1, 0.15) is 12.1 Å². The molecule has 0 aromatic carbocycles. The highest BCUT2D eigenvalue weighted by molar-refractivity contribution is 5.91. The summed E-state index contributed by atoms with van der Waals surface area (Å²) in [4.78, 5) is 23.7. The Morgan fingerprint density at radius 1 is 1.13 bits per heavy atom. The fourth-order valence-electron chi connectivity index (χ4n) is 5.84. The molecule has 4 atom stereocenters. The van der Waals surface area contributed by atoms with Crippen LogP contribution in [0.4, 0.5) is 5.82 Å². The zero-order chi connectivity index (χ0) is 20.7. The van der Waals surface area contributed by atoms with E-state index in [0.717, 1.165) is 63.5 Å². The first kappa shape index (κ1) is 20.1. The van der Waals surface area contributed by atoms with E-state index in [1.165, 1.54) is 5.57 Å². The summed E-state index contributed by atoms with van der Waals surface area (Å²) < 4.78 is 5.48. The van der Waals surface area contributed by atoms with Crippen molar-refractivity contribution in [2.24, 2.45) is 17.3 Å². The maximum absolute atomic E-state index is 12.3. The maximum Gasteiger partial charge on any atom is 0.156 e. The molecular formula is C23H33N5O2. The van der Waals surface area contributed by atoms with Crippen LogP contribution < -0.4 is 15.8 Å². The van der Waals surface area contributed by atoms with Crippen molar-refractivity contribution in [3.8, 4) is 0 Å². The second kappa shape index (κ2) is 8.02. The smallest absolute Gasteiger partial charge is 0.156 e. The van der Waals surface area contributed by atoms with Crippen LogP contribution in [-0.2, 0) is 9.53 Å². The van der Waals surface area contributed by atoms with Crippen molar-refractivity contribution >= 4 is 11.6 Å². The topological polar surface area (TPSA) is 79.4 Å². The molecule has 7 heteroatoms. The van der Waals surface area contributed by atoms with Crippen molar-refractivity contribution in [2.45, 2.75) is 58.0 Å². The molecule has 1 aromatic heterocycles. The predicted octanol–water partition coefficient (Wildman–Crippen LogP) is 2.56. The van der Waals surface area contributed by atoms with Crippen LogP contribution in [0.3, 0.4) is 0 Å². The van der Waals surface area contributed by atoms with Crippen LogP contribution >= 0.6 is 0 Å². The van der Waals surface area contributed by atoms with Gasteiger partial charge in [-0.2, -0.15) is 0 Å². The molecule has 1 saturated carbocycles. The van der Waals surface area contributed by atoms with E-state index in [1.807, 2.05) is 6.08 Å². The lowest BCUT2D eigenvalue weighted by Gasteiger charge is -2.38. The average Bonchev–Trinajstić information content (AvgIpc) is 3.16. The zero-order valence-corrected chi connectivity index (χ0v) is 18.1. The van der Waals surface area contributed by atoms with Gasteiger partial charge in [-0.05, 0) is 49.0 Å². The summed E-state index contributed by atoms with van der Waals surface area (Å²) in [7, 11) is 0. The Kier molecular flexibility index (Phi) is 5.37. The molecule has 2 aliphatic carbocycles. The molecule has 0 radical (unpaired) electrons. The third kappa shape index (κ3) is 4.03. The molecule has 162 valence electrons. The van der Waals surface area contributed by atoms with Crippen LogP contribution in [0.5, 0.6) is 0 Å². The number of hydrogen-bond donors (Lipinski definition) is 2. The molecule has 3 fully saturated rings. The molecule has 4 aliphatic rings. The summed E-state index contributed by atoms with van der Waals surface area (Å²) in [5.74, 6) is 2.26. The highest BCUT2D eigenvalue weighted by atomic mass is 16.5. The van der Waals surface area contributed by atoms with Gasteiger partial charge in [0.2, 0.25) is 0 Å². The number of ether oxygens (including phenoxy) is 1. The summed E-state index contributed by atoms with van der Waals surface area (Å²) in [6.45, 7) is 7.69. The summed E-state index contributed by atoms with van der Waals surface area (Å²) in [6.07, 6.45) is 8.75. The lowest BCUT2D eigenvalue weighted by molar-refractivity contribution is -0.117. The summed E-state index contributed by atoms with van der Waals surface area (Å²) >= 11 is 0. The number of carbonyl (C=O) groups excluding carboxylic acids is 1. The van der Waals surface area contributed by atoms with Crippen LogP contribution in [0.25, 0.3) is 0 Å². The molecular weight excluding hydrogens is 378 g/mol. The van der Waals surface area contributed by atoms with Gasteiger partial charge in [-0.25, -0.2) is 15.4 Å². The predicted molar refractivity (Wildman–Crippen MR) is 115 cm³/mol. The molecule has 3 heterocycles. The molecule has 2 saturated heterocycles. The number of hydrogen-bond acceptors (Lipinski definition) is 7. The SMILES string of the molecule is CC1(C)CC(=O)C=C(C2CCC3NNC(c4cc(N5CCOCC5)ncn4)C3C2)C1. The van der Waals surface area contributed by atoms with Gasteiger partial charge in [0.05, 0.1) is 24.9 Å². The van der Waals surface area contributed by atoms with Crippen LogP contribution in [0.15, 0.2) is 24.0 Å². The van der Waals surface area contributed by atoms with Gasteiger partial charge in [0, 0.05) is 31.6 Å². The van der Waals surface area contributed by atoms with E-state index < -0.39 is 0 Å². The van der Waals surface area contributed by atoms with Gasteiger partial charge in [-0.1, -0.05) is 19.4 Å². The first-order valence-electron chi connectivity index (χ1n) is 11.4. The van der Waals surface area contributed by atoms with Gasteiger partial charge >= 0.3 is 0 Å². The molecule has 5 rings (SSSR count). The Labute approximate surface area is 178 Å². The van der Waals surface area contributed by atoms with Crippen molar-refractivity contribution in [3.05, 3.63) is 29.7 Å². The minimum absolute atomic E-state index is 0.0866. The monoisotopic (exact) mass is 411 g/mol. The number of ketones is 1. The molecule has 7 nitrogen and oxygen atoms in total. The maximum atomic E-state index is 12.3. The third-order valence-electron chi connectivity index (χ3n) is 7.29. The molecule has 1 aromatic rings. The first-order chi connectivity index (χ1) is 14.5. The van der Waals surface area contributed by atoms with Gasteiger partial charge in [0.25, 0.3) is 0 Å². The Bertz CT molecular complexity index is 833. The fraction of sp³-hybridized carbons (Fsp3) is 0.696. The highest BCUT2D eigenvalue weighted by Gasteiger charge is 2.43. The van der Waals surface area contributed by atoms with E-state index in [1.54, 1.807) is 6.33 Å². The molecule has 0 amide bonds. The quantitative estimate of drug-likeness (QED) is 0.791. The highest BCUT2D eigenvalue weighted by Crippen LogP contribution is 2.46. The Hall–Kier alpha value is -1.83. The second-order valence-electron chi connectivity index (χ2n) is 10.2. The Morgan fingerprint density at radius 2 is 1.97 bits per heavy atom. The van der Waals surface area contributed by atoms with E-state index >= 15 is 0 Å². The van der Waals surface area contributed by atoms with E-state index in [4.69, 9.17) is 4.74 Å². The van der Waals surface area contributed by atoms with Crippen LogP contribution in [0.1, 0.15) is 57.7 Å². The normalized spacial score (nSPS) is 33.9. The Morgan fingerprint density at radius 3 is 2.77 bits per heavy atom. The number of nitrogens with one attached hydrogen (secondary N) is 2. The Balaban J connectivity index is 1.34. The van der Waals surface area contributed by atoms with Crippen LogP contribution in [-0.4, -0.2) is 48.1 Å². The van der Waals surface area contributed by atoms with E-state index in [-0.39, 0.29) is 11.5 Å². The van der Waals surface area contributed by atoms with E-state index in [0.29, 0.717) is 30.1 Å². The average molecular weight is 412 g/mol. The summed E-state index contributed by atoms with van der Waals surface area (Å²) in [5, 5.41) is 0. The van der Waals surface area contributed by atoms with Crippen molar-refractivity contribution in [2.75, 3.05) is 31.2 Å². The zero-order valence-electron chi connectivity index (χ0n) is 18.1. The number of fused-ring (bicyclic) bond motifs is 1. The lowest BCUT2D eigenvalue weighted by atomic mass is 9.67. The third-order valence-corrected chi connectivity index (χ3v) is 7.29. The molecule has 2 aliphatic heterocycles. The number of hydrazine groups is 1. The number of allylic oxidation sites excluding steroid dienone is 2.